The molecule has 1 aliphatic heterocycles. The summed E-state index contributed by atoms with van der Waals surface area (Å²) in [6.07, 6.45) is 6.39. The van der Waals surface area contributed by atoms with Crippen molar-refractivity contribution in [2.24, 2.45) is 0 Å². The van der Waals surface area contributed by atoms with Gasteiger partial charge in [0.15, 0.2) is 0 Å². The molecule has 5 heteroatoms. The van der Waals surface area contributed by atoms with Gasteiger partial charge in [-0.3, -0.25) is 0 Å². The van der Waals surface area contributed by atoms with E-state index in [2.05, 4.69) is 9.88 Å². The number of aliphatic carboxylic acids is 1. The number of hydrogen-bond acceptors (Lipinski definition) is 4. The van der Waals surface area contributed by atoms with E-state index in [1.165, 1.54) is 32.0 Å². The summed E-state index contributed by atoms with van der Waals surface area (Å²) in [5.41, 5.74) is 0.925. The van der Waals surface area contributed by atoms with Gasteiger partial charge in [-0.15, -0.1) is 11.3 Å². The number of aromatic nitrogens is 1. The molecule has 0 spiro atoms. The summed E-state index contributed by atoms with van der Waals surface area (Å²) in [6.45, 7) is 5.40. The van der Waals surface area contributed by atoms with Gasteiger partial charge in [0.2, 0.25) is 0 Å². The van der Waals surface area contributed by atoms with Crippen molar-refractivity contribution in [1.82, 2.24) is 9.88 Å². The fraction of sp³-hybridized carbons (Fsp3) is 0.538. The number of aryl methyl sites for hydroxylation is 1. The van der Waals surface area contributed by atoms with E-state index in [4.69, 9.17) is 5.11 Å². The maximum Gasteiger partial charge on any atom is 0.328 e. The highest BCUT2D eigenvalue weighted by atomic mass is 32.1. The van der Waals surface area contributed by atoms with Crippen molar-refractivity contribution in [3.05, 3.63) is 21.7 Å². The number of carboxylic acid groups (broad SMARTS) is 1. The van der Waals surface area contributed by atoms with E-state index in [1.807, 2.05) is 6.92 Å². The predicted molar refractivity (Wildman–Crippen MR) is 72.9 cm³/mol. The third-order valence-corrected chi connectivity index (χ3v) is 4.28. The minimum absolute atomic E-state index is 0.915. The topological polar surface area (TPSA) is 53.4 Å². The van der Waals surface area contributed by atoms with Crippen LogP contribution < -0.4 is 0 Å². The maximum atomic E-state index is 10.5. The Kier molecular flexibility index (Phi) is 4.49. The number of rotatable bonds is 5. The normalized spacial score (nSPS) is 16.7. The van der Waals surface area contributed by atoms with Crippen molar-refractivity contribution in [2.45, 2.75) is 26.2 Å². The summed E-state index contributed by atoms with van der Waals surface area (Å²) in [6, 6.07) is 0. The molecule has 18 heavy (non-hydrogen) atoms. The molecule has 1 saturated heterocycles. The Balaban J connectivity index is 1.93. The average molecular weight is 266 g/mol. The molecule has 0 unspecified atom stereocenters. The Hall–Kier alpha value is -1.20. The van der Waals surface area contributed by atoms with Crippen molar-refractivity contribution < 1.29 is 9.90 Å². The van der Waals surface area contributed by atoms with Gasteiger partial charge in [-0.05, 0) is 38.9 Å². The van der Waals surface area contributed by atoms with Crippen LogP contribution in [0.1, 0.15) is 28.4 Å². The van der Waals surface area contributed by atoms with Crippen LogP contribution in [0.2, 0.25) is 0 Å². The number of hydrogen-bond donors (Lipinski definition) is 1. The van der Waals surface area contributed by atoms with Gasteiger partial charge in [0.05, 0.1) is 15.6 Å². The maximum absolute atomic E-state index is 10.5. The highest BCUT2D eigenvalue weighted by Gasteiger charge is 2.12. The summed E-state index contributed by atoms with van der Waals surface area (Å²) in [5.74, 6) is -0.915. The van der Waals surface area contributed by atoms with Gasteiger partial charge >= 0.3 is 5.97 Å². The van der Waals surface area contributed by atoms with Crippen molar-refractivity contribution in [2.75, 3.05) is 19.6 Å². The first-order valence-corrected chi connectivity index (χ1v) is 7.06. The van der Waals surface area contributed by atoms with E-state index in [0.717, 1.165) is 28.5 Å². The third-order valence-electron chi connectivity index (χ3n) is 3.09. The quantitative estimate of drug-likeness (QED) is 0.830. The largest absolute Gasteiger partial charge is 0.478 e. The molecule has 0 bridgehead atoms. The fourth-order valence-corrected chi connectivity index (χ4v) is 3.09. The lowest BCUT2D eigenvalue weighted by molar-refractivity contribution is -0.131. The summed E-state index contributed by atoms with van der Waals surface area (Å²) < 4.78 is 0. The van der Waals surface area contributed by atoms with Crippen LogP contribution in [0.5, 0.6) is 0 Å². The third kappa shape index (κ3) is 3.65. The first kappa shape index (κ1) is 13.2. The van der Waals surface area contributed by atoms with Gasteiger partial charge in [0.25, 0.3) is 0 Å². The van der Waals surface area contributed by atoms with E-state index in [0.29, 0.717) is 0 Å². The van der Waals surface area contributed by atoms with E-state index >= 15 is 0 Å². The standard InChI is InChI=1S/C13H18N2O2S/c1-10-11(4-5-13(16)17)18-12(14-10)6-9-15-7-2-3-8-15/h4-5H,2-3,6-9H2,1H3,(H,16,17)/b5-4+. The average Bonchev–Trinajstić information content (AvgIpc) is 2.93. The van der Waals surface area contributed by atoms with Crippen LogP contribution in [0.25, 0.3) is 6.08 Å². The number of likely N-dealkylation sites (tertiary alicyclic amines) is 1. The van der Waals surface area contributed by atoms with E-state index in [1.54, 1.807) is 17.4 Å². The zero-order chi connectivity index (χ0) is 13.0. The molecule has 0 aromatic carbocycles. The lowest BCUT2D eigenvalue weighted by atomic mass is 10.3. The summed E-state index contributed by atoms with van der Waals surface area (Å²) >= 11 is 1.60. The zero-order valence-corrected chi connectivity index (χ0v) is 11.4. The van der Waals surface area contributed by atoms with E-state index in [9.17, 15) is 4.79 Å². The molecule has 0 radical (unpaired) electrons. The highest BCUT2D eigenvalue weighted by molar-refractivity contribution is 7.12. The Morgan fingerprint density at radius 3 is 2.89 bits per heavy atom. The van der Waals surface area contributed by atoms with Gasteiger partial charge in [0, 0.05) is 19.0 Å². The van der Waals surface area contributed by atoms with Gasteiger partial charge in [-0.25, -0.2) is 9.78 Å². The lowest BCUT2D eigenvalue weighted by Gasteiger charge is -2.12. The molecular weight excluding hydrogens is 248 g/mol. The lowest BCUT2D eigenvalue weighted by Crippen LogP contribution is -2.21. The van der Waals surface area contributed by atoms with Crippen LogP contribution in [-0.4, -0.2) is 40.6 Å². The van der Waals surface area contributed by atoms with Crippen molar-refractivity contribution in [1.29, 1.82) is 0 Å². The van der Waals surface area contributed by atoms with Gasteiger partial charge in [-0.1, -0.05) is 0 Å². The zero-order valence-electron chi connectivity index (χ0n) is 10.6. The molecule has 0 amide bonds. The van der Waals surface area contributed by atoms with Crippen molar-refractivity contribution in [3.8, 4) is 0 Å². The predicted octanol–water partition coefficient (Wildman–Crippen LogP) is 2.19. The SMILES string of the molecule is Cc1nc(CCN2CCCC2)sc1/C=C/C(=O)O. The minimum Gasteiger partial charge on any atom is -0.478 e. The molecule has 1 aromatic heterocycles. The molecule has 1 aliphatic rings. The number of nitrogens with zero attached hydrogens (tertiary/aromatic N) is 2. The summed E-state index contributed by atoms with van der Waals surface area (Å²) in [5, 5.41) is 9.71. The first-order valence-electron chi connectivity index (χ1n) is 6.25. The van der Waals surface area contributed by atoms with Crippen LogP contribution in [0.4, 0.5) is 0 Å². The van der Waals surface area contributed by atoms with Crippen LogP contribution in [0.3, 0.4) is 0 Å². The molecule has 0 aliphatic carbocycles. The molecule has 4 nitrogen and oxygen atoms in total. The van der Waals surface area contributed by atoms with Crippen molar-refractivity contribution in [3.63, 3.8) is 0 Å². The van der Waals surface area contributed by atoms with Gasteiger partial charge in [0.1, 0.15) is 0 Å². The van der Waals surface area contributed by atoms with Crippen molar-refractivity contribution >= 4 is 23.4 Å². The molecule has 0 saturated carbocycles. The van der Waals surface area contributed by atoms with Gasteiger partial charge in [-0.2, -0.15) is 0 Å². The molecule has 0 atom stereocenters. The molecule has 2 rings (SSSR count). The molecular formula is C13H18N2O2S. The van der Waals surface area contributed by atoms with Crippen LogP contribution >= 0.6 is 11.3 Å². The molecule has 1 fully saturated rings. The number of carbonyl (C=O) groups is 1. The number of carboxylic acids is 1. The molecule has 1 aromatic rings. The fourth-order valence-electron chi connectivity index (χ4n) is 2.13. The minimum atomic E-state index is -0.915. The van der Waals surface area contributed by atoms with Crippen LogP contribution in [0.15, 0.2) is 6.08 Å². The Morgan fingerprint density at radius 2 is 2.22 bits per heavy atom. The van der Waals surface area contributed by atoms with Crippen LogP contribution in [-0.2, 0) is 11.2 Å². The second kappa shape index (κ2) is 6.11. The van der Waals surface area contributed by atoms with Gasteiger partial charge < -0.3 is 10.0 Å². The Labute approximate surface area is 111 Å². The summed E-state index contributed by atoms with van der Waals surface area (Å²) in [4.78, 5) is 18.4. The van der Waals surface area contributed by atoms with E-state index < -0.39 is 5.97 Å². The number of thiazole rings is 1. The molecule has 1 N–H and O–H groups in total. The summed E-state index contributed by atoms with van der Waals surface area (Å²) in [7, 11) is 0. The highest BCUT2D eigenvalue weighted by Crippen LogP contribution is 2.20. The second-order valence-electron chi connectivity index (χ2n) is 4.53. The monoisotopic (exact) mass is 266 g/mol. The smallest absolute Gasteiger partial charge is 0.328 e. The van der Waals surface area contributed by atoms with Crippen LogP contribution in [0, 0.1) is 6.92 Å². The molecule has 2 heterocycles. The van der Waals surface area contributed by atoms with E-state index in [-0.39, 0.29) is 0 Å². The molecule has 98 valence electrons. The Bertz CT molecular complexity index is 448. The first-order chi connectivity index (χ1) is 8.65. The Morgan fingerprint density at radius 1 is 1.50 bits per heavy atom. The second-order valence-corrected chi connectivity index (χ2v) is 5.64.